The molecule has 0 aliphatic carbocycles. The molecule has 0 fully saturated rings. The standard InChI is InChI=1S/C15H8F3N3O3/c16-15(17,18)8-2-1-3-9(6-8)19-13-11-7-10(21(23)24)4-5-12(11)20-14(13)22/h1-7H,(H,19,20,22). The van der Waals surface area contributed by atoms with E-state index in [0.29, 0.717) is 5.69 Å². The fraction of sp³-hybridized carbons (Fsp3) is 0.0667. The van der Waals surface area contributed by atoms with Crippen LogP contribution in [0.4, 0.5) is 30.2 Å². The van der Waals surface area contributed by atoms with E-state index >= 15 is 0 Å². The maximum atomic E-state index is 12.7. The highest BCUT2D eigenvalue weighted by molar-refractivity contribution is 6.54. The Labute approximate surface area is 132 Å². The summed E-state index contributed by atoms with van der Waals surface area (Å²) in [6.07, 6.45) is -4.54. The number of fused-ring (bicyclic) bond motifs is 1. The minimum absolute atomic E-state index is 0.0747. The smallest absolute Gasteiger partial charge is 0.320 e. The summed E-state index contributed by atoms with van der Waals surface area (Å²) in [5.41, 5.74) is -0.908. The van der Waals surface area contributed by atoms with Crippen molar-refractivity contribution >= 4 is 28.7 Å². The molecule has 24 heavy (non-hydrogen) atoms. The van der Waals surface area contributed by atoms with Gasteiger partial charge in [0.05, 0.1) is 21.9 Å². The van der Waals surface area contributed by atoms with Crippen LogP contribution in [0, 0.1) is 10.1 Å². The van der Waals surface area contributed by atoms with Crippen LogP contribution in [0.2, 0.25) is 0 Å². The van der Waals surface area contributed by atoms with Crippen molar-refractivity contribution in [2.45, 2.75) is 6.18 Å². The van der Waals surface area contributed by atoms with Crippen molar-refractivity contribution in [1.29, 1.82) is 0 Å². The van der Waals surface area contributed by atoms with Crippen LogP contribution < -0.4 is 5.32 Å². The molecule has 9 heteroatoms. The highest BCUT2D eigenvalue weighted by Gasteiger charge is 2.31. The molecule has 3 rings (SSSR count). The van der Waals surface area contributed by atoms with Gasteiger partial charge in [-0.2, -0.15) is 13.2 Å². The zero-order chi connectivity index (χ0) is 17.5. The molecule has 1 aliphatic rings. The number of hydrogen-bond acceptors (Lipinski definition) is 4. The molecule has 2 aromatic rings. The van der Waals surface area contributed by atoms with Gasteiger partial charge in [-0.05, 0) is 24.3 Å². The molecule has 122 valence electrons. The van der Waals surface area contributed by atoms with Gasteiger partial charge in [0.2, 0.25) is 0 Å². The van der Waals surface area contributed by atoms with E-state index in [4.69, 9.17) is 0 Å². The van der Waals surface area contributed by atoms with Crippen LogP contribution >= 0.6 is 0 Å². The van der Waals surface area contributed by atoms with Gasteiger partial charge in [-0.1, -0.05) is 6.07 Å². The van der Waals surface area contributed by atoms with Gasteiger partial charge in [0, 0.05) is 17.7 Å². The molecule has 1 amide bonds. The molecule has 1 N–H and O–H groups in total. The number of nitrogens with zero attached hydrogens (tertiary/aromatic N) is 2. The van der Waals surface area contributed by atoms with E-state index in [1.165, 1.54) is 24.3 Å². The number of non-ortho nitro benzene ring substituents is 1. The van der Waals surface area contributed by atoms with Crippen LogP contribution in [0.3, 0.4) is 0 Å². The lowest BCUT2D eigenvalue weighted by Crippen LogP contribution is -2.14. The number of amides is 1. The molecule has 0 spiro atoms. The maximum absolute atomic E-state index is 12.7. The lowest BCUT2D eigenvalue weighted by Gasteiger charge is -2.06. The van der Waals surface area contributed by atoms with E-state index in [1.807, 2.05) is 0 Å². The van der Waals surface area contributed by atoms with Crippen molar-refractivity contribution < 1.29 is 22.9 Å². The van der Waals surface area contributed by atoms with Gasteiger partial charge in [0.15, 0.2) is 0 Å². The normalized spacial score (nSPS) is 15.3. The molecule has 1 aliphatic heterocycles. The first-order valence-electron chi connectivity index (χ1n) is 6.62. The molecule has 0 aromatic heterocycles. The molecule has 6 nitrogen and oxygen atoms in total. The lowest BCUT2D eigenvalue weighted by molar-refractivity contribution is -0.384. The number of carbonyl (C=O) groups excluding carboxylic acids is 1. The third-order valence-corrected chi connectivity index (χ3v) is 3.35. The number of nitro benzene ring substituents is 1. The molecule has 0 bridgehead atoms. The number of alkyl halides is 3. The number of aliphatic imine (C=N–C) groups is 1. The Morgan fingerprint density at radius 3 is 2.54 bits per heavy atom. The van der Waals surface area contributed by atoms with Gasteiger partial charge < -0.3 is 5.32 Å². The van der Waals surface area contributed by atoms with E-state index in [2.05, 4.69) is 10.3 Å². The molecule has 2 aromatic carbocycles. The van der Waals surface area contributed by atoms with Crippen LogP contribution in [-0.4, -0.2) is 16.5 Å². The number of carbonyl (C=O) groups is 1. The zero-order valence-electron chi connectivity index (χ0n) is 11.8. The average Bonchev–Trinajstić information content (AvgIpc) is 2.82. The van der Waals surface area contributed by atoms with Crippen LogP contribution in [0.1, 0.15) is 11.1 Å². The second kappa shape index (κ2) is 5.44. The van der Waals surface area contributed by atoms with Gasteiger partial charge in [-0.25, -0.2) is 4.99 Å². The molecule has 0 unspecified atom stereocenters. The van der Waals surface area contributed by atoms with Crippen molar-refractivity contribution in [2.75, 3.05) is 5.32 Å². The molecular formula is C15H8F3N3O3. The minimum atomic E-state index is -4.54. The van der Waals surface area contributed by atoms with Gasteiger partial charge in [0.1, 0.15) is 5.71 Å². The summed E-state index contributed by atoms with van der Waals surface area (Å²) in [5, 5.41) is 13.3. The lowest BCUT2D eigenvalue weighted by atomic mass is 10.1. The van der Waals surface area contributed by atoms with E-state index in [1.54, 1.807) is 0 Å². The number of nitro groups is 1. The first kappa shape index (κ1) is 15.7. The molecule has 0 saturated heterocycles. The van der Waals surface area contributed by atoms with Crippen molar-refractivity contribution in [3.05, 3.63) is 63.7 Å². The van der Waals surface area contributed by atoms with E-state index in [9.17, 15) is 28.1 Å². The molecule has 0 atom stereocenters. The Morgan fingerprint density at radius 1 is 1.12 bits per heavy atom. The van der Waals surface area contributed by atoms with Gasteiger partial charge in [-0.3, -0.25) is 14.9 Å². The number of anilines is 1. The second-order valence-electron chi connectivity index (χ2n) is 4.95. The number of rotatable bonds is 2. The third kappa shape index (κ3) is 2.83. The number of halogens is 3. The van der Waals surface area contributed by atoms with Gasteiger partial charge in [-0.15, -0.1) is 0 Å². The monoisotopic (exact) mass is 335 g/mol. The number of benzene rings is 2. The predicted octanol–water partition coefficient (Wildman–Crippen LogP) is 3.69. The van der Waals surface area contributed by atoms with Gasteiger partial charge >= 0.3 is 6.18 Å². The summed E-state index contributed by atoms with van der Waals surface area (Å²) in [6.45, 7) is 0. The van der Waals surface area contributed by atoms with Crippen molar-refractivity contribution in [3.8, 4) is 0 Å². The predicted molar refractivity (Wildman–Crippen MR) is 79.4 cm³/mol. The quantitative estimate of drug-likeness (QED) is 0.671. The van der Waals surface area contributed by atoms with Crippen LogP contribution in [0.25, 0.3) is 0 Å². The van der Waals surface area contributed by atoms with Crippen molar-refractivity contribution in [3.63, 3.8) is 0 Å². The largest absolute Gasteiger partial charge is 0.416 e. The Hall–Kier alpha value is -3.23. The summed E-state index contributed by atoms with van der Waals surface area (Å²) >= 11 is 0. The summed E-state index contributed by atoms with van der Waals surface area (Å²) in [7, 11) is 0. The van der Waals surface area contributed by atoms with E-state index < -0.39 is 22.6 Å². The Morgan fingerprint density at radius 2 is 1.88 bits per heavy atom. The van der Waals surface area contributed by atoms with Crippen molar-refractivity contribution in [2.24, 2.45) is 4.99 Å². The molecule has 1 heterocycles. The second-order valence-corrected chi connectivity index (χ2v) is 4.95. The summed E-state index contributed by atoms with van der Waals surface area (Å²) in [6, 6.07) is 7.88. The fourth-order valence-corrected chi connectivity index (χ4v) is 2.25. The fourth-order valence-electron chi connectivity index (χ4n) is 2.25. The first-order chi connectivity index (χ1) is 11.3. The number of nitrogens with one attached hydrogen (secondary N) is 1. The molecule has 0 radical (unpaired) electrons. The van der Waals surface area contributed by atoms with Crippen molar-refractivity contribution in [1.82, 2.24) is 0 Å². The highest BCUT2D eigenvalue weighted by Crippen LogP contribution is 2.33. The van der Waals surface area contributed by atoms with Crippen LogP contribution in [0.15, 0.2) is 47.5 Å². The topological polar surface area (TPSA) is 84.6 Å². The van der Waals surface area contributed by atoms with Crippen LogP contribution in [-0.2, 0) is 11.0 Å². The van der Waals surface area contributed by atoms with Gasteiger partial charge in [0.25, 0.3) is 11.6 Å². The van der Waals surface area contributed by atoms with E-state index in [0.717, 1.165) is 18.2 Å². The maximum Gasteiger partial charge on any atom is 0.416 e. The summed E-state index contributed by atoms with van der Waals surface area (Å²) < 4.78 is 38.2. The SMILES string of the molecule is O=C1Nc2ccc([N+](=O)[O-])cc2C1=Nc1cccc(C(F)(F)F)c1. The highest BCUT2D eigenvalue weighted by atomic mass is 19.4. The Kier molecular flexibility index (Phi) is 3.55. The Bertz CT molecular complexity index is 891. The first-order valence-corrected chi connectivity index (χ1v) is 6.62. The third-order valence-electron chi connectivity index (χ3n) is 3.35. The summed E-state index contributed by atoms with van der Waals surface area (Å²) in [5.74, 6) is -0.636. The number of hydrogen-bond donors (Lipinski definition) is 1. The minimum Gasteiger partial charge on any atom is -0.320 e. The van der Waals surface area contributed by atoms with Crippen LogP contribution in [0.5, 0.6) is 0 Å². The summed E-state index contributed by atoms with van der Waals surface area (Å²) in [4.78, 5) is 26.1. The molecule has 0 saturated carbocycles. The van der Waals surface area contributed by atoms with E-state index in [-0.39, 0.29) is 22.6 Å². The molecular weight excluding hydrogens is 327 g/mol. The average molecular weight is 335 g/mol. The zero-order valence-corrected chi connectivity index (χ0v) is 11.8. The Balaban J connectivity index is 2.08.